The van der Waals surface area contributed by atoms with Crippen molar-refractivity contribution in [3.63, 3.8) is 0 Å². The van der Waals surface area contributed by atoms with Crippen molar-refractivity contribution in [3.05, 3.63) is 30.1 Å². The highest BCUT2D eigenvalue weighted by Gasteiger charge is 2.03. The Bertz CT molecular complexity index is 249. The van der Waals surface area contributed by atoms with Gasteiger partial charge < -0.3 is 4.90 Å². The molecule has 0 amide bonds. The zero-order valence-electron chi connectivity index (χ0n) is 9.10. The van der Waals surface area contributed by atoms with Crippen molar-refractivity contribution in [2.75, 3.05) is 19.8 Å². The van der Waals surface area contributed by atoms with E-state index in [0.717, 1.165) is 5.75 Å². The van der Waals surface area contributed by atoms with Gasteiger partial charge in [0, 0.05) is 29.9 Å². The van der Waals surface area contributed by atoms with Crippen LogP contribution >= 0.6 is 11.8 Å². The number of rotatable bonds is 5. The maximum Gasteiger partial charge on any atom is 0.0308 e. The first-order valence-electron chi connectivity index (χ1n) is 4.83. The fraction of sp³-hybridized carbons (Fsp3) is 0.545. The van der Waals surface area contributed by atoms with Gasteiger partial charge in [0.1, 0.15) is 0 Å². The first-order valence-corrected chi connectivity index (χ1v) is 5.98. The van der Waals surface area contributed by atoms with Gasteiger partial charge in [0.25, 0.3) is 0 Å². The molecule has 0 aromatic carbocycles. The Morgan fingerprint density at radius 2 is 2.29 bits per heavy atom. The van der Waals surface area contributed by atoms with Crippen molar-refractivity contribution in [2.45, 2.75) is 18.7 Å². The first-order chi connectivity index (χ1) is 6.70. The maximum absolute atomic E-state index is 4.09. The number of aromatic nitrogens is 1. The zero-order valence-corrected chi connectivity index (χ0v) is 9.92. The summed E-state index contributed by atoms with van der Waals surface area (Å²) in [4.78, 5) is 6.34. The Kier molecular flexibility index (Phi) is 4.98. The second-order valence-corrected chi connectivity index (χ2v) is 4.72. The number of nitrogens with zero attached hydrogens (tertiary/aromatic N) is 2. The van der Waals surface area contributed by atoms with Crippen LogP contribution in [-0.4, -0.2) is 35.8 Å². The van der Waals surface area contributed by atoms with Crippen LogP contribution in [0, 0.1) is 0 Å². The Balaban J connectivity index is 2.22. The minimum Gasteiger partial charge on any atom is -0.306 e. The topological polar surface area (TPSA) is 16.1 Å². The van der Waals surface area contributed by atoms with Gasteiger partial charge in [-0.1, -0.05) is 6.07 Å². The fourth-order valence-corrected chi connectivity index (χ4v) is 2.14. The highest BCUT2D eigenvalue weighted by atomic mass is 32.2. The standard InChI is InChI=1S/C11H18N2S/c1-10(13(2)3)8-14-9-11-5-4-6-12-7-11/h4-7,10H,8-9H2,1-3H3. The Labute approximate surface area is 90.7 Å². The quantitative estimate of drug-likeness (QED) is 0.741. The second-order valence-electron chi connectivity index (χ2n) is 3.69. The van der Waals surface area contributed by atoms with Gasteiger partial charge in [-0.15, -0.1) is 0 Å². The zero-order chi connectivity index (χ0) is 10.4. The summed E-state index contributed by atoms with van der Waals surface area (Å²) in [6, 6.07) is 4.75. The molecular weight excluding hydrogens is 192 g/mol. The van der Waals surface area contributed by atoms with Crippen molar-refractivity contribution in [2.24, 2.45) is 0 Å². The minimum atomic E-state index is 0.636. The molecule has 0 saturated heterocycles. The lowest BCUT2D eigenvalue weighted by Crippen LogP contribution is -2.26. The highest BCUT2D eigenvalue weighted by molar-refractivity contribution is 7.98. The molecule has 1 atom stereocenters. The van der Waals surface area contributed by atoms with Gasteiger partial charge >= 0.3 is 0 Å². The summed E-state index contributed by atoms with van der Waals surface area (Å²) < 4.78 is 0. The van der Waals surface area contributed by atoms with Crippen LogP contribution in [0.5, 0.6) is 0 Å². The molecule has 14 heavy (non-hydrogen) atoms. The molecule has 0 fully saturated rings. The summed E-state index contributed by atoms with van der Waals surface area (Å²) in [7, 11) is 4.24. The lowest BCUT2D eigenvalue weighted by molar-refractivity contribution is 0.340. The minimum absolute atomic E-state index is 0.636. The summed E-state index contributed by atoms with van der Waals surface area (Å²) in [6.07, 6.45) is 3.75. The van der Waals surface area contributed by atoms with Crippen LogP contribution in [0.4, 0.5) is 0 Å². The summed E-state index contributed by atoms with van der Waals surface area (Å²) in [6.45, 7) is 2.25. The molecule has 1 unspecified atom stereocenters. The summed E-state index contributed by atoms with van der Waals surface area (Å²) >= 11 is 1.96. The van der Waals surface area contributed by atoms with Crippen molar-refractivity contribution in [1.29, 1.82) is 0 Å². The molecule has 1 aromatic heterocycles. The summed E-state index contributed by atoms with van der Waals surface area (Å²) in [5.74, 6) is 2.23. The van der Waals surface area contributed by atoms with Crippen LogP contribution in [-0.2, 0) is 5.75 Å². The van der Waals surface area contributed by atoms with E-state index >= 15 is 0 Å². The van der Waals surface area contributed by atoms with E-state index in [4.69, 9.17) is 0 Å². The number of pyridine rings is 1. The Hall–Kier alpha value is -0.540. The van der Waals surface area contributed by atoms with Gasteiger partial charge in [0.05, 0.1) is 0 Å². The van der Waals surface area contributed by atoms with E-state index in [2.05, 4.69) is 37.0 Å². The molecule has 0 bridgehead atoms. The van der Waals surface area contributed by atoms with Crippen LogP contribution in [0.25, 0.3) is 0 Å². The van der Waals surface area contributed by atoms with Crippen LogP contribution in [0.1, 0.15) is 12.5 Å². The molecule has 0 N–H and O–H groups in total. The second kappa shape index (κ2) is 6.04. The molecule has 1 aromatic rings. The van der Waals surface area contributed by atoms with E-state index in [9.17, 15) is 0 Å². The molecule has 2 nitrogen and oxygen atoms in total. The van der Waals surface area contributed by atoms with E-state index in [1.807, 2.05) is 30.2 Å². The van der Waals surface area contributed by atoms with E-state index in [1.54, 1.807) is 0 Å². The van der Waals surface area contributed by atoms with Crippen molar-refractivity contribution in [1.82, 2.24) is 9.88 Å². The summed E-state index contributed by atoms with van der Waals surface area (Å²) in [5.41, 5.74) is 1.31. The molecule has 0 radical (unpaired) electrons. The molecular formula is C11H18N2S. The van der Waals surface area contributed by atoms with Crippen LogP contribution in [0.2, 0.25) is 0 Å². The monoisotopic (exact) mass is 210 g/mol. The Morgan fingerprint density at radius 3 is 2.86 bits per heavy atom. The smallest absolute Gasteiger partial charge is 0.0308 e. The molecule has 3 heteroatoms. The third kappa shape index (κ3) is 4.11. The third-order valence-electron chi connectivity index (χ3n) is 2.23. The van der Waals surface area contributed by atoms with Crippen molar-refractivity contribution in [3.8, 4) is 0 Å². The third-order valence-corrected chi connectivity index (χ3v) is 3.49. The van der Waals surface area contributed by atoms with Gasteiger partial charge in [0.15, 0.2) is 0 Å². The van der Waals surface area contributed by atoms with Crippen LogP contribution in [0.15, 0.2) is 24.5 Å². The average molecular weight is 210 g/mol. The number of thioether (sulfide) groups is 1. The Morgan fingerprint density at radius 1 is 1.50 bits per heavy atom. The number of hydrogen-bond acceptors (Lipinski definition) is 3. The molecule has 1 heterocycles. The van der Waals surface area contributed by atoms with Crippen molar-refractivity contribution < 1.29 is 0 Å². The molecule has 0 aliphatic heterocycles. The molecule has 0 aliphatic carbocycles. The SMILES string of the molecule is CC(CSCc1cccnc1)N(C)C. The van der Waals surface area contributed by atoms with E-state index < -0.39 is 0 Å². The average Bonchev–Trinajstić information content (AvgIpc) is 2.19. The fourth-order valence-electron chi connectivity index (χ4n) is 0.980. The lowest BCUT2D eigenvalue weighted by atomic mass is 10.3. The van der Waals surface area contributed by atoms with Crippen LogP contribution < -0.4 is 0 Å². The molecule has 78 valence electrons. The first kappa shape index (κ1) is 11.5. The van der Waals surface area contributed by atoms with E-state index in [0.29, 0.717) is 6.04 Å². The number of hydrogen-bond donors (Lipinski definition) is 0. The van der Waals surface area contributed by atoms with Gasteiger partial charge in [0.2, 0.25) is 0 Å². The van der Waals surface area contributed by atoms with Gasteiger partial charge in [-0.3, -0.25) is 4.98 Å². The molecule has 0 spiro atoms. The van der Waals surface area contributed by atoms with Crippen molar-refractivity contribution >= 4 is 11.8 Å². The van der Waals surface area contributed by atoms with E-state index in [1.165, 1.54) is 11.3 Å². The largest absolute Gasteiger partial charge is 0.306 e. The molecule has 0 aliphatic rings. The highest BCUT2D eigenvalue weighted by Crippen LogP contribution is 2.13. The predicted octanol–water partition coefficient (Wildman–Crippen LogP) is 2.26. The molecule has 0 saturated carbocycles. The van der Waals surface area contributed by atoms with Gasteiger partial charge in [-0.05, 0) is 32.6 Å². The molecule has 1 rings (SSSR count). The van der Waals surface area contributed by atoms with E-state index in [-0.39, 0.29) is 0 Å². The lowest BCUT2D eigenvalue weighted by Gasteiger charge is -2.18. The predicted molar refractivity (Wildman–Crippen MR) is 63.5 cm³/mol. The van der Waals surface area contributed by atoms with Gasteiger partial charge in [-0.25, -0.2) is 0 Å². The maximum atomic E-state index is 4.09. The van der Waals surface area contributed by atoms with Crippen LogP contribution in [0.3, 0.4) is 0 Å². The van der Waals surface area contributed by atoms with Gasteiger partial charge in [-0.2, -0.15) is 11.8 Å². The summed E-state index contributed by atoms with van der Waals surface area (Å²) in [5, 5.41) is 0. The normalized spacial score (nSPS) is 13.1.